The van der Waals surface area contributed by atoms with Crippen molar-refractivity contribution >= 4 is 17.2 Å². The van der Waals surface area contributed by atoms with Crippen LogP contribution >= 0.6 is 11.6 Å². The van der Waals surface area contributed by atoms with Gasteiger partial charge in [-0.3, -0.25) is 0 Å². The summed E-state index contributed by atoms with van der Waals surface area (Å²) in [6.45, 7) is 1.51. The van der Waals surface area contributed by atoms with Gasteiger partial charge < -0.3 is 4.74 Å². The monoisotopic (exact) mass is 378 g/mol. The molecule has 0 amide bonds. The van der Waals surface area contributed by atoms with Gasteiger partial charge >= 0.3 is 0 Å². The number of ether oxygens (including phenoxy) is 1. The van der Waals surface area contributed by atoms with E-state index in [2.05, 4.69) is 0 Å². The van der Waals surface area contributed by atoms with Crippen LogP contribution in [0.5, 0.6) is 5.75 Å². The van der Waals surface area contributed by atoms with Crippen LogP contribution in [0.25, 0.3) is 5.57 Å². The van der Waals surface area contributed by atoms with Crippen LogP contribution < -0.4 is 4.74 Å². The van der Waals surface area contributed by atoms with Crippen molar-refractivity contribution in [1.29, 1.82) is 0 Å². The summed E-state index contributed by atoms with van der Waals surface area (Å²) in [6.07, 6.45) is -0.0362. The van der Waals surface area contributed by atoms with Crippen LogP contribution in [-0.4, -0.2) is 12.5 Å². The first-order valence-corrected chi connectivity index (χ1v) is 9.14. The lowest BCUT2D eigenvalue weighted by atomic mass is 9.85. The number of halogens is 3. The van der Waals surface area contributed by atoms with Gasteiger partial charge in [0.1, 0.15) is 12.3 Å². The van der Waals surface area contributed by atoms with Crippen LogP contribution in [0, 0.1) is 6.92 Å². The highest BCUT2D eigenvalue weighted by Gasteiger charge is 2.35. The quantitative estimate of drug-likeness (QED) is 0.552. The fraction of sp³-hybridized carbons (Fsp3) is 0.364. The van der Waals surface area contributed by atoms with E-state index >= 15 is 0 Å². The van der Waals surface area contributed by atoms with E-state index in [0.29, 0.717) is 21.9 Å². The summed E-state index contributed by atoms with van der Waals surface area (Å²) in [5.41, 5.74) is 3.14. The van der Waals surface area contributed by atoms with E-state index in [0.717, 1.165) is 17.5 Å². The van der Waals surface area contributed by atoms with Crippen molar-refractivity contribution in [2.24, 2.45) is 0 Å². The van der Waals surface area contributed by atoms with E-state index in [1.807, 2.05) is 26.0 Å². The van der Waals surface area contributed by atoms with Gasteiger partial charge in [-0.05, 0) is 65.8 Å². The molecule has 4 heteroatoms. The van der Waals surface area contributed by atoms with Crippen molar-refractivity contribution in [3.8, 4) is 5.75 Å². The van der Waals surface area contributed by atoms with Crippen molar-refractivity contribution in [3.05, 3.63) is 69.8 Å². The predicted molar refractivity (Wildman–Crippen MR) is 103 cm³/mol. The lowest BCUT2D eigenvalue weighted by Crippen LogP contribution is -2.24. The number of rotatable bonds is 5. The maximum absolute atomic E-state index is 14.2. The average Bonchev–Trinajstić information content (AvgIpc) is 2.63. The number of benzene rings is 2. The van der Waals surface area contributed by atoms with Crippen LogP contribution in [0.15, 0.2) is 48.0 Å². The van der Waals surface area contributed by atoms with Crippen molar-refractivity contribution in [1.82, 2.24) is 0 Å². The number of hydrogen-bond donors (Lipinski definition) is 0. The Balaban J connectivity index is 2.02. The third-order valence-electron chi connectivity index (χ3n) is 4.66. The van der Waals surface area contributed by atoms with E-state index in [1.165, 1.54) is 0 Å². The van der Waals surface area contributed by atoms with Gasteiger partial charge in [-0.25, -0.2) is 8.78 Å². The lowest BCUT2D eigenvalue weighted by molar-refractivity contribution is -0.0112. The third-order valence-corrected chi connectivity index (χ3v) is 4.92. The summed E-state index contributed by atoms with van der Waals surface area (Å²) in [4.78, 5) is 0. The number of allylic oxidation sites excluding steroid dienone is 1. The van der Waals surface area contributed by atoms with Gasteiger partial charge in [0.2, 0.25) is 0 Å². The van der Waals surface area contributed by atoms with Crippen molar-refractivity contribution in [2.45, 2.75) is 45.5 Å². The minimum atomic E-state index is -2.96. The first-order valence-electron chi connectivity index (χ1n) is 9.76. The number of hydrogen-bond acceptors (Lipinski definition) is 1. The Bertz CT molecular complexity index is 892. The Hall–Kier alpha value is -1.87. The van der Waals surface area contributed by atoms with Gasteiger partial charge in [0.15, 0.2) is 0 Å². The van der Waals surface area contributed by atoms with E-state index in [9.17, 15) is 8.78 Å². The molecule has 26 heavy (non-hydrogen) atoms. The summed E-state index contributed by atoms with van der Waals surface area (Å²) < 4.78 is 51.0. The van der Waals surface area contributed by atoms with Crippen LogP contribution in [-0.2, 0) is 6.42 Å². The highest BCUT2D eigenvalue weighted by molar-refractivity contribution is 6.30. The maximum Gasteiger partial charge on any atom is 0.252 e. The molecule has 0 saturated heterocycles. The minimum Gasteiger partial charge on any atom is -0.489 e. The van der Waals surface area contributed by atoms with E-state index in [1.54, 1.807) is 30.3 Å². The molecule has 2 aromatic carbocycles. The van der Waals surface area contributed by atoms with Gasteiger partial charge in [0.05, 0.1) is 2.74 Å². The largest absolute Gasteiger partial charge is 0.489 e. The Labute approximate surface area is 161 Å². The minimum absolute atomic E-state index is 0.00922. The van der Waals surface area contributed by atoms with E-state index < -0.39 is 18.9 Å². The fourth-order valence-corrected chi connectivity index (χ4v) is 3.27. The Morgan fingerprint density at radius 2 is 1.92 bits per heavy atom. The van der Waals surface area contributed by atoms with Crippen molar-refractivity contribution < 1.29 is 16.3 Å². The summed E-state index contributed by atoms with van der Waals surface area (Å²) in [6, 6.07) is 12.3. The summed E-state index contributed by atoms with van der Waals surface area (Å²) in [7, 11) is 0. The molecule has 2 aromatic rings. The highest BCUT2D eigenvalue weighted by atomic mass is 35.5. The molecule has 0 heterocycles. The summed E-state index contributed by atoms with van der Waals surface area (Å²) in [5.74, 6) is -2.60. The molecule has 0 bridgehead atoms. The molecule has 0 atom stereocenters. The molecule has 1 aliphatic carbocycles. The molecular formula is C22H23ClF2O. The zero-order valence-electron chi connectivity index (χ0n) is 16.9. The molecule has 0 radical (unpaired) electrons. The van der Waals surface area contributed by atoms with Crippen molar-refractivity contribution in [2.75, 3.05) is 6.56 Å². The predicted octanol–water partition coefficient (Wildman–Crippen LogP) is 6.86. The molecule has 0 spiro atoms. The van der Waals surface area contributed by atoms with Crippen molar-refractivity contribution in [3.63, 3.8) is 0 Å². The molecule has 3 rings (SSSR count). The molecular weight excluding hydrogens is 354 g/mol. The molecule has 0 fully saturated rings. The average molecular weight is 379 g/mol. The Morgan fingerprint density at radius 3 is 2.58 bits per heavy atom. The topological polar surface area (TPSA) is 9.23 Å². The first kappa shape index (κ1) is 16.3. The van der Waals surface area contributed by atoms with Crippen LogP contribution in [0.3, 0.4) is 0 Å². The molecule has 0 N–H and O–H groups in total. The molecule has 0 aliphatic heterocycles. The van der Waals surface area contributed by atoms with Crippen LogP contribution in [0.2, 0.25) is 5.02 Å². The van der Waals surface area contributed by atoms with Crippen LogP contribution in [0.1, 0.15) is 45.6 Å². The third kappa shape index (κ3) is 4.45. The van der Waals surface area contributed by atoms with Gasteiger partial charge in [0, 0.05) is 17.9 Å². The molecule has 0 aromatic heterocycles. The summed E-state index contributed by atoms with van der Waals surface area (Å²) in [5, 5.41) is 0.540. The van der Waals surface area contributed by atoms with E-state index in [4.69, 9.17) is 19.1 Å². The number of aryl methyl sites for hydroxylation is 2. The second-order valence-electron chi connectivity index (χ2n) is 6.65. The smallest absolute Gasteiger partial charge is 0.252 e. The van der Waals surface area contributed by atoms with Gasteiger partial charge in [0.25, 0.3) is 5.92 Å². The second kappa shape index (κ2) is 7.79. The molecule has 0 saturated carbocycles. The molecule has 1 aliphatic rings. The number of alkyl halides is 2. The molecule has 0 unspecified atom stereocenters. The maximum atomic E-state index is 14.2. The lowest BCUT2D eigenvalue weighted by Gasteiger charge is -2.28. The highest BCUT2D eigenvalue weighted by Crippen LogP contribution is 2.41. The van der Waals surface area contributed by atoms with Crippen LogP contribution in [0.4, 0.5) is 8.78 Å². The Kier molecular flexibility index (Phi) is 4.89. The van der Waals surface area contributed by atoms with Gasteiger partial charge in [-0.2, -0.15) is 0 Å². The molecule has 138 valence electrons. The van der Waals surface area contributed by atoms with Gasteiger partial charge in [-0.1, -0.05) is 42.8 Å². The SMILES string of the molecule is [2H]C([2H])(Oc1ccc(CC)cc1C)C1=C(c2ccc(Cl)cc2)CCC(F)(F)C1. The first-order chi connectivity index (χ1) is 13.1. The second-order valence-corrected chi connectivity index (χ2v) is 7.09. The van der Waals surface area contributed by atoms with Gasteiger partial charge in [-0.15, -0.1) is 0 Å². The standard InChI is InChI=1S/C22H23ClF2O/c1-3-16-4-9-21(15(2)12-16)26-14-18-13-22(24,25)11-10-20(18)17-5-7-19(23)8-6-17/h4-9,12H,3,10-11,13-14H2,1-2H3/i14D2. The normalized spacial score (nSPS) is 18.3. The molecule has 1 nitrogen and oxygen atoms in total. The zero-order chi connectivity index (χ0) is 20.5. The zero-order valence-corrected chi connectivity index (χ0v) is 15.7. The Morgan fingerprint density at radius 1 is 1.19 bits per heavy atom. The summed E-state index contributed by atoms with van der Waals surface area (Å²) >= 11 is 5.94. The fourth-order valence-electron chi connectivity index (χ4n) is 3.14. The van der Waals surface area contributed by atoms with E-state index in [-0.39, 0.29) is 18.4 Å².